The summed E-state index contributed by atoms with van der Waals surface area (Å²) >= 11 is 0. The number of hydrogen-bond acceptors (Lipinski definition) is 3. The lowest BCUT2D eigenvalue weighted by molar-refractivity contribution is 0.201. The molecular formula is C16H22N4O. The lowest BCUT2D eigenvalue weighted by atomic mass is 10.00. The number of aromatic nitrogens is 3. The molecule has 5 heteroatoms. The van der Waals surface area contributed by atoms with E-state index in [1.807, 2.05) is 32.9 Å². The zero-order chi connectivity index (χ0) is 15.4. The molecule has 112 valence electrons. The van der Waals surface area contributed by atoms with Gasteiger partial charge in [-0.1, -0.05) is 25.1 Å². The predicted molar refractivity (Wildman–Crippen MR) is 83.3 cm³/mol. The van der Waals surface area contributed by atoms with Gasteiger partial charge >= 0.3 is 6.03 Å². The van der Waals surface area contributed by atoms with Crippen LogP contribution < -0.4 is 0 Å². The van der Waals surface area contributed by atoms with Crippen LogP contribution in [-0.2, 0) is 6.42 Å². The second-order valence-corrected chi connectivity index (χ2v) is 4.93. The van der Waals surface area contributed by atoms with Crippen molar-refractivity contribution in [3.63, 3.8) is 0 Å². The van der Waals surface area contributed by atoms with Gasteiger partial charge in [-0.2, -0.15) is 4.68 Å². The Morgan fingerprint density at radius 3 is 2.57 bits per heavy atom. The minimum Gasteiger partial charge on any atom is -0.323 e. The quantitative estimate of drug-likeness (QED) is 0.867. The van der Waals surface area contributed by atoms with E-state index in [0.717, 1.165) is 17.5 Å². The lowest BCUT2D eigenvalue weighted by Gasteiger charge is -2.17. The molecule has 0 saturated heterocycles. The van der Waals surface area contributed by atoms with Crippen molar-refractivity contribution in [1.29, 1.82) is 0 Å². The van der Waals surface area contributed by atoms with Gasteiger partial charge in [0.2, 0.25) is 0 Å². The highest BCUT2D eigenvalue weighted by atomic mass is 16.2. The maximum atomic E-state index is 12.3. The van der Waals surface area contributed by atoms with Gasteiger partial charge in [0.25, 0.3) is 0 Å². The van der Waals surface area contributed by atoms with E-state index in [1.54, 1.807) is 4.90 Å². The highest BCUT2D eigenvalue weighted by Crippen LogP contribution is 2.24. The molecule has 0 spiro atoms. The van der Waals surface area contributed by atoms with Crippen molar-refractivity contribution in [2.24, 2.45) is 0 Å². The zero-order valence-corrected chi connectivity index (χ0v) is 13.1. The van der Waals surface area contributed by atoms with Crippen molar-refractivity contribution in [3.8, 4) is 11.4 Å². The number of amides is 1. The zero-order valence-electron chi connectivity index (χ0n) is 13.1. The highest BCUT2D eigenvalue weighted by Gasteiger charge is 2.17. The van der Waals surface area contributed by atoms with Crippen molar-refractivity contribution >= 4 is 6.03 Å². The Labute approximate surface area is 125 Å². The summed E-state index contributed by atoms with van der Waals surface area (Å²) in [4.78, 5) is 18.3. The van der Waals surface area contributed by atoms with Gasteiger partial charge in [-0.25, -0.2) is 9.78 Å². The third-order valence-electron chi connectivity index (χ3n) is 3.69. The minimum absolute atomic E-state index is 0.134. The summed E-state index contributed by atoms with van der Waals surface area (Å²) in [6.45, 7) is 9.38. The van der Waals surface area contributed by atoms with Crippen LogP contribution in [0.5, 0.6) is 0 Å². The molecule has 5 nitrogen and oxygen atoms in total. The first-order valence-corrected chi connectivity index (χ1v) is 7.42. The van der Waals surface area contributed by atoms with Crippen LogP contribution in [0, 0.1) is 6.92 Å². The maximum absolute atomic E-state index is 12.3. The van der Waals surface area contributed by atoms with E-state index in [4.69, 9.17) is 0 Å². The Balaban J connectivity index is 2.39. The fraction of sp³-hybridized carbons (Fsp3) is 0.438. The van der Waals surface area contributed by atoms with Gasteiger partial charge in [0.05, 0.1) is 0 Å². The number of benzene rings is 1. The molecule has 0 bridgehead atoms. The molecule has 1 amide bonds. The molecule has 0 aliphatic heterocycles. The molecule has 0 aliphatic carbocycles. The number of rotatable bonds is 4. The fourth-order valence-corrected chi connectivity index (χ4v) is 2.45. The SMILES string of the molecule is CCc1cccc(C)c1-c1ncn(C(=O)N(CC)CC)n1. The third-order valence-corrected chi connectivity index (χ3v) is 3.69. The first-order chi connectivity index (χ1) is 10.1. The minimum atomic E-state index is -0.134. The summed E-state index contributed by atoms with van der Waals surface area (Å²) in [6, 6.07) is 6.03. The van der Waals surface area contributed by atoms with E-state index in [9.17, 15) is 4.79 Å². The lowest BCUT2D eigenvalue weighted by Crippen LogP contribution is -2.34. The van der Waals surface area contributed by atoms with Crippen molar-refractivity contribution < 1.29 is 4.79 Å². The van der Waals surface area contributed by atoms with Crippen LogP contribution in [0.1, 0.15) is 31.9 Å². The summed E-state index contributed by atoms with van der Waals surface area (Å²) in [5, 5.41) is 4.38. The van der Waals surface area contributed by atoms with Crippen LogP contribution in [0.25, 0.3) is 11.4 Å². The molecule has 0 unspecified atom stereocenters. The largest absolute Gasteiger partial charge is 0.346 e. The standard InChI is InChI=1S/C16H22N4O/c1-5-13-10-8-9-12(4)14(13)15-17-11-20(18-15)16(21)19(6-2)7-3/h8-11H,5-7H2,1-4H3. The first-order valence-electron chi connectivity index (χ1n) is 7.42. The van der Waals surface area contributed by atoms with Gasteiger partial charge in [0, 0.05) is 18.7 Å². The Hall–Kier alpha value is -2.17. The van der Waals surface area contributed by atoms with Crippen molar-refractivity contribution in [3.05, 3.63) is 35.7 Å². The van der Waals surface area contributed by atoms with Crippen molar-refractivity contribution in [2.75, 3.05) is 13.1 Å². The van der Waals surface area contributed by atoms with E-state index >= 15 is 0 Å². The highest BCUT2D eigenvalue weighted by molar-refractivity contribution is 5.76. The van der Waals surface area contributed by atoms with Crippen LogP contribution in [-0.4, -0.2) is 38.8 Å². The molecule has 1 aromatic carbocycles. The van der Waals surface area contributed by atoms with E-state index in [0.29, 0.717) is 18.9 Å². The molecule has 0 saturated carbocycles. The normalized spacial score (nSPS) is 10.7. The third kappa shape index (κ3) is 2.96. The monoisotopic (exact) mass is 286 g/mol. The van der Waals surface area contributed by atoms with Gasteiger partial charge in [-0.3, -0.25) is 0 Å². The summed E-state index contributed by atoms with van der Waals surface area (Å²) in [5.41, 5.74) is 3.36. The van der Waals surface area contributed by atoms with Gasteiger partial charge < -0.3 is 4.90 Å². The first kappa shape index (κ1) is 15.2. The average Bonchev–Trinajstić information content (AvgIpc) is 2.97. The Morgan fingerprint density at radius 2 is 1.95 bits per heavy atom. The molecule has 2 aromatic rings. The van der Waals surface area contributed by atoms with Crippen molar-refractivity contribution in [2.45, 2.75) is 34.1 Å². The fourth-order valence-electron chi connectivity index (χ4n) is 2.45. The van der Waals surface area contributed by atoms with Gasteiger partial charge in [-0.05, 0) is 38.3 Å². The Morgan fingerprint density at radius 1 is 1.24 bits per heavy atom. The number of aryl methyl sites for hydroxylation is 2. The molecule has 2 rings (SSSR count). The number of hydrogen-bond donors (Lipinski definition) is 0. The molecule has 21 heavy (non-hydrogen) atoms. The number of carbonyl (C=O) groups is 1. The van der Waals surface area contributed by atoms with Crippen LogP contribution in [0.4, 0.5) is 4.79 Å². The molecule has 0 aliphatic rings. The average molecular weight is 286 g/mol. The molecular weight excluding hydrogens is 264 g/mol. The molecule has 0 N–H and O–H groups in total. The summed E-state index contributed by atoms with van der Waals surface area (Å²) < 4.78 is 1.33. The molecule has 1 aromatic heterocycles. The van der Waals surface area contributed by atoms with Crippen LogP contribution in [0.3, 0.4) is 0 Å². The van der Waals surface area contributed by atoms with E-state index in [2.05, 4.69) is 23.1 Å². The van der Waals surface area contributed by atoms with Crippen LogP contribution in [0.15, 0.2) is 24.5 Å². The van der Waals surface area contributed by atoms with Crippen molar-refractivity contribution in [1.82, 2.24) is 19.7 Å². The number of carbonyl (C=O) groups excluding carboxylic acids is 1. The second kappa shape index (κ2) is 6.52. The molecule has 0 radical (unpaired) electrons. The second-order valence-electron chi connectivity index (χ2n) is 4.93. The smallest absolute Gasteiger partial charge is 0.323 e. The Bertz CT molecular complexity index is 629. The Kier molecular flexibility index (Phi) is 4.73. The summed E-state index contributed by atoms with van der Waals surface area (Å²) in [6.07, 6.45) is 2.41. The van der Waals surface area contributed by atoms with E-state index in [-0.39, 0.29) is 6.03 Å². The number of nitrogens with zero attached hydrogens (tertiary/aromatic N) is 4. The van der Waals surface area contributed by atoms with Crippen LogP contribution in [0.2, 0.25) is 0 Å². The molecule has 0 fully saturated rings. The van der Waals surface area contributed by atoms with Gasteiger partial charge in [-0.15, -0.1) is 5.10 Å². The summed E-state index contributed by atoms with van der Waals surface area (Å²) in [7, 11) is 0. The van der Waals surface area contributed by atoms with Gasteiger partial charge in [0.1, 0.15) is 6.33 Å². The van der Waals surface area contributed by atoms with Crippen LogP contribution >= 0.6 is 0 Å². The van der Waals surface area contributed by atoms with Gasteiger partial charge in [0.15, 0.2) is 5.82 Å². The maximum Gasteiger partial charge on any atom is 0.346 e. The van der Waals surface area contributed by atoms with E-state index < -0.39 is 0 Å². The predicted octanol–water partition coefficient (Wildman–Crippen LogP) is 3.13. The molecule has 0 atom stereocenters. The summed E-state index contributed by atoms with van der Waals surface area (Å²) in [5.74, 6) is 0.616. The van der Waals surface area contributed by atoms with E-state index in [1.165, 1.54) is 16.6 Å². The molecule has 1 heterocycles. The topological polar surface area (TPSA) is 51.0 Å².